The Kier molecular flexibility index (Phi) is 7.02. The lowest BCUT2D eigenvalue weighted by Gasteiger charge is -2.26. The third kappa shape index (κ3) is 4.94. The number of ether oxygens (including phenoxy) is 1. The molecule has 0 amide bonds. The summed E-state index contributed by atoms with van der Waals surface area (Å²) in [4.78, 5) is 13.1. The smallest absolute Gasteiger partial charge is 0.167 e. The Bertz CT molecular complexity index is 953. The van der Waals surface area contributed by atoms with Crippen LogP contribution >= 0.6 is 6.89 Å². The molecule has 3 N–H and O–H groups in total. The fourth-order valence-corrected chi connectivity index (χ4v) is 5.67. The molecule has 3 heterocycles. The molecule has 0 spiro atoms. The Morgan fingerprint density at radius 3 is 2.73 bits per heavy atom. The van der Waals surface area contributed by atoms with E-state index in [4.69, 9.17) is 4.74 Å². The Hall–Kier alpha value is -1.73. The zero-order valence-corrected chi connectivity index (χ0v) is 19.4. The molecule has 9 heteroatoms. The summed E-state index contributed by atoms with van der Waals surface area (Å²) in [6.07, 6.45) is 8.03. The van der Waals surface area contributed by atoms with Crippen LogP contribution in [0.5, 0.6) is 0 Å². The highest BCUT2D eigenvalue weighted by Crippen LogP contribution is 2.42. The van der Waals surface area contributed by atoms with Crippen molar-refractivity contribution in [1.82, 2.24) is 19.5 Å². The summed E-state index contributed by atoms with van der Waals surface area (Å²) in [5.74, 6) is 0.705. The van der Waals surface area contributed by atoms with Crippen molar-refractivity contribution in [1.29, 1.82) is 0 Å². The average molecular weight is 436 g/mol. The number of fused-ring (bicyclic) bond motifs is 1. The second-order valence-corrected chi connectivity index (χ2v) is 13.1. The summed E-state index contributed by atoms with van der Waals surface area (Å²) in [5, 5.41) is 24.6. The fourth-order valence-electron chi connectivity index (χ4n) is 3.90. The number of nitrogens with zero attached hydrogens (tertiary/aromatic N) is 4. The van der Waals surface area contributed by atoms with Gasteiger partial charge in [0.05, 0.1) is 12.4 Å². The predicted molar refractivity (Wildman–Crippen MR) is 124 cm³/mol. The van der Waals surface area contributed by atoms with E-state index < -0.39 is 31.4 Å². The molecule has 0 bridgehead atoms. The van der Waals surface area contributed by atoms with Gasteiger partial charge in [0.1, 0.15) is 18.5 Å². The van der Waals surface area contributed by atoms with Crippen LogP contribution in [-0.4, -0.2) is 80.4 Å². The molecule has 166 valence electrons. The molecule has 8 nitrogen and oxygen atoms in total. The number of hydrogen-bond donors (Lipinski definition) is 3. The van der Waals surface area contributed by atoms with Crippen LogP contribution in [0.3, 0.4) is 0 Å². The average Bonchev–Trinajstić information content (AvgIpc) is 3.22. The first-order chi connectivity index (χ1) is 14.1. The Morgan fingerprint density at radius 1 is 1.33 bits per heavy atom. The minimum Gasteiger partial charge on any atom is -0.388 e. The first-order valence-corrected chi connectivity index (χ1v) is 13.4. The van der Waals surface area contributed by atoms with Crippen molar-refractivity contribution in [2.45, 2.75) is 51.7 Å². The van der Waals surface area contributed by atoms with E-state index in [1.807, 2.05) is 6.92 Å². The van der Waals surface area contributed by atoms with Crippen LogP contribution < -0.4 is 5.32 Å². The number of aliphatic hydroxyl groups excluding tert-OH is 2. The maximum atomic E-state index is 10.7. The third-order valence-corrected chi connectivity index (χ3v) is 7.09. The lowest BCUT2D eigenvalue weighted by molar-refractivity contribution is -0.0487. The van der Waals surface area contributed by atoms with Crippen LogP contribution in [-0.2, 0) is 4.74 Å². The molecule has 1 unspecified atom stereocenters. The Balaban J connectivity index is 1.83. The van der Waals surface area contributed by atoms with Crippen molar-refractivity contribution >= 4 is 30.2 Å². The highest BCUT2D eigenvalue weighted by molar-refractivity contribution is 7.72. The van der Waals surface area contributed by atoms with Gasteiger partial charge in [0.2, 0.25) is 0 Å². The molecule has 1 aliphatic heterocycles. The van der Waals surface area contributed by atoms with E-state index in [2.05, 4.69) is 59.8 Å². The molecule has 1 fully saturated rings. The molecule has 0 aliphatic carbocycles. The quantitative estimate of drug-likeness (QED) is 0.432. The molecule has 5 atom stereocenters. The van der Waals surface area contributed by atoms with E-state index in [-0.39, 0.29) is 5.92 Å². The monoisotopic (exact) mass is 435 g/mol. The summed E-state index contributed by atoms with van der Waals surface area (Å²) in [6, 6.07) is 0. The second-order valence-electron chi connectivity index (χ2n) is 8.90. The predicted octanol–water partition coefficient (Wildman–Crippen LogP) is 2.56. The number of aliphatic hydroxyl groups is 2. The molecular weight excluding hydrogens is 401 g/mol. The van der Waals surface area contributed by atoms with Crippen molar-refractivity contribution < 1.29 is 14.9 Å². The van der Waals surface area contributed by atoms with Gasteiger partial charge < -0.3 is 20.3 Å². The number of aromatic nitrogens is 4. The lowest BCUT2D eigenvalue weighted by atomic mass is 10.0. The van der Waals surface area contributed by atoms with E-state index >= 15 is 0 Å². The van der Waals surface area contributed by atoms with E-state index in [1.54, 1.807) is 10.9 Å². The number of anilines is 1. The summed E-state index contributed by atoms with van der Waals surface area (Å²) in [7, 11) is 0. The van der Waals surface area contributed by atoms with E-state index in [0.717, 1.165) is 12.6 Å². The van der Waals surface area contributed by atoms with Gasteiger partial charge in [0.15, 0.2) is 23.2 Å². The van der Waals surface area contributed by atoms with Gasteiger partial charge in [-0.3, -0.25) is 4.57 Å². The molecule has 2 aromatic rings. The number of hydrogen-bond acceptors (Lipinski definition) is 7. The highest BCUT2D eigenvalue weighted by Gasteiger charge is 2.46. The maximum absolute atomic E-state index is 10.7. The number of nitrogens with one attached hydrogen (secondary N) is 1. The molecule has 0 saturated carbocycles. The third-order valence-electron chi connectivity index (χ3n) is 5.53. The van der Waals surface area contributed by atoms with Crippen LogP contribution in [0.2, 0.25) is 0 Å². The van der Waals surface area contributed by atoms with Crippen molar-refractivity contribution in [3.05, 3.63) is 24.3 Å². The van der Waals surface area contributed by atoms with Gasteiger partial charge in [-0.05, 0) is 38.8 Å². The van der Waals surface area contributed by atoms with Gasteiger partial charge >= 0.3 is 0 Å². The first kappa shape index (κ1) is 22.9. The first-order valence-electron chi connectivity index (χ1n) is 10.4. The SMILES string of the molecule is C=P(C)(C)CC(C)[C@H]1O[C@@H](n2cnc3c(NC/C=C(/C)CC)ncnc32)[C@H](O)[C@@H]1O. The molecule has 30 heavy (non-hydrogen) atoms. The van der Waals surface area contributed by atoms with Crippen LogP contribution in [0.25, 0.3) is 11.2 Å². The van der Waals surface area contributed by atoms with E-state index in [1.165, 1.54) is 11.9 Å². The van der Waals surface area contributed by atoms with E-state index in [0.29, 0.717) is 23.5 Å². The molecule has 0 aromatic carbocycles. The van der Waals surface area contributed by atoms with Crippen LogP contribution in [0, 0.1) is 5.92 Å². The van der Waals surface area contributed by atoms with E-state index in [9.17, 15) is 10.2 Å². The number of imidazole rings is 1. The molecule has 3 rings (SSSR count). The summed E-state index contributed by atoms with van der Waals surface area (Å²) >= 11 is 0. The van der Waals surface area contributed by atoms with Gasteiger partial charge in [-0.25, -0.2) is 15.0 Å². The van der Waals surface area contributed by atoms with Crippen LogP contribution in [0.4, 0.5) is 5.82 Å². The minimum atomic E-state index is -1.29. The topological polar surface area (TPSA) is 105 Å². The molecular formula is C21H34N5O3P. The minimum absolute atomic E-state index is 0.0794. The molecule has 1 saturated heterocycles. The van der Waals surface area contributed by atoms with Crippen molar-refractivity contribution in [3.8, 4) is 0 Å². The zero-order valence-electron chi connectivity index (χ0n) is 18.5. The van der Waals surface area contributed by atoms with Crippen molar-refractivity contribution in [2.24, 2.45) is 5.92 Å². The molecule has 2 aromatic heterocycles. The van der Waals surface area contributed by atoms with Crippen molar-refractivity contribution in [2.75, 3.05) is 31.4 Å². The summed E-state index contributed by atoms with van der Waals surface area (Å²) in [5.41, 5.74) is 2.45. The largest absolute Gasteiger partial charge is 0.388 e. The Morgan fingerprint density at radius 2 is 2.07 bits per heavy atom. The fraction of sp³-hybridized carbons (Fsp3) is 0.619. The van der Waals surface area contributed by atoms with Gasteiger partial charge in [-0.15, -0.1) is 13.2 Å². The lowest BCUT2D eigenvalue weighted by Crippen LogP contribution is -2.35. The van der Waals surface area contributed by atoms with Crippen LogP contribution in [0.15, 0.2) is 24.3 Å². The van der Waals surface area contributed by atoms with Gasteiger partial charge in [0, 0.05) is 6.54 Å². The Labute approximate surface area is 178 Å². The summed E-state index contributed by atoms with van der Waals surface area (Å²) < 4.78 is 7.82. The normalized spacial score (nSPS) is 26.3. The zero-order chi connectivity index (χ0) is 22.1. The summed E-state index contributed by atoms with van der Waals surface area (Å²) in [6.45, 7) is 9.91. The number of allylic oxidation sites excluding steroid dienone is 1. The highest BCUT2D eigenvalue weighted by atomic mass is 31.2. The maximum Gasteiger partial charge on any atom is 0.167 e. The standard InChI is InChI=1S/C21H34N5O3P/c1-7-13(2)8-9-22-19-15-20(24-11-23-19)26(12-25-15)21-17(28)16(27)18(29-21)14(3)10-30(4,5)6/h8,11-12,14,16-18,21,27-28H,4,7,9-10H2,1-3,5-6H3,(H,22,23,24)/b13-8-/t14?,16-,17+,18+,21+/m0/s1. The van der Waals surface area contributed by atoms with Crippen molar-refractivity contribution in [3.63, 3.8) is 0 Å². The van der Waals surface area contributed by atoms with Gasteiger partial charge in [-0.1, -0.05) is 25.5 Å². The van der Waals surface area contributed by atoms with Crippen LogP contribution in [0.1, 0.15) is 33.4 Å². The van der Waals surface area contributed by atoms with Gasteiger partial charge in [0.25, 0.3) is 0 Å². The van der Waals surface area contributed by atoms with Gasteiger partial charge in [-0.2, -0.15) is 0 Å². The molecule has 0 radical (unpaired) electrons. The molecule has 1 aliphatic rings. The second kappa shape index (κ2) is 9.18. The number of rotatable bonds is 8.